The molecule has 0 radical (unpaired) electrons. The molecule has 22 heavy (non-hydrogen) atoms. The summed E-state index contributed by atoms with van der Waals surface area (Å²) >= 11 is 0. The van der Waals surface area contributed by atoms with Crippen LogP contribution in [0, 0.1) is 0 Å². The third kappa shape index (κ3) is 4.24. The molecule has 1 aromatic carbocycles. The summed E-state index contributed by atoms with van der Waals surface area (Å²) in [6.07, 6.45) is 3.25. The number of aromatic nitrogens is 2. The van der Waals surface area contributed by atoms with E-state index in [-0.39, 0.29) is 0 Å². The molecule has 1 aromatic heterocycles. The second-order valence-corrected chi connectivity index (χ2v) is 5.69. The van der Waals surface area contributed by atoms with E-state index >= 15 is 0 Å². The molecule has 0 saturated carbocycles. The first-order valence-corrected chi connectivity index (χ1v) is 8.06. The van der Waals surface area contributed by atoms with Gasteiger partial charge in [-0.25, -0.2) is 4.98 Å². The molecular weight excluding hydrogens is 289 g/mol. The quantitative estimate of drug-likeness (QED) is 0.563. The molecule has 0 spiro atoms. The predicted molar refractivity (Wildman–Crippen MR) is 82.7 cm³/mol. The van der Waals surface area contributed by atoms with Crippen LogP contribution in [0.25, 0.3) is 11.0 Å². The number of fused-ring (bicyclic) bond motifs is 1. The first-order valence-electron chi connectivity index (χ1n) is 8.06. The maximum atomic E-state index is 13.1. The number of hydrogen-bond acceptors (Lipinski definition) is 1. The van der Waals surface area contributed by atoms with E-state index in [1.54, 1.807) is 24.3 Å². The minimum Gasteiger partial charge on any atom is -0.320 e. The largest absolute Gasteiger partial charge is 0.449 e. The summed E-state index contributed by atoms with van der Waals surface area (Å²) < 4.78 is 40.7. The molecule has 0 amide bonds. The lowest BCUT2D eigenvalue weighted by Crippen LogP contribution is -2.15. The Morgan fingerprint density at radius 2 is 1.59 bits per heavy atom. The maximum absolute atomic E-state index is 13.1. The maximum Gasteiger partial charge on any atom is 0.449 e. The fourth-order valence-electron chi connectivity index (χ4n) is 2.75. The van der Waals surface area contributed by atoms with Crippen LogP contribution in [0.15, 0.2) is 24.3 Å². The van der Waals surface area contributed by atoms with Crippen LogP contribution in [0.5, 0.6) is 0 Å². The zero-order valence-corrected chi connectivity index (χ0v) is 13.0. The molecule has 5 heteroatoms. The zero-order valence-electron chi connectivity index (χ0n) is 13.0. The Morgan fingerprint density at radius 1 is 0.955 bits per heavy atom. The van der Waals surface area contributed by atoms with Crippen molar-refractivity contribution in [2.24, 2.45) is 0 Å². The number of hydrogen-bond donors (Lipinski definition) is 0. The van der Waals surface area contributed by atoms with Crippen LogP contribution in [0.1, 0.15) is 57.7 Å². The predicted octanol–water partition coefficient (Wildman–Crippen LogP) is 5.81. The summed E-state index contributed by atoms with van der Waals surface area (Å²) in [5.41, 5.74) is 0.985. The van der Waals surface area contributed by atoms with E-state index in [9.17, 15) is 13.2 Å². The molecule has 2 rings (SSSR count). The lowest BCUT2D eigenvalue weighted by molar-refractivity contribution is -0.147. The van der Waals surface area contributed by atoms with E-state index in [2.05, 4.69) is 11.9 Å². The zero-order chi connectivity index (χ0) is 16.0. The first-order chi connectivity index (χ1) is 10.5. The van der Waals surface area contributed by atoms with Gasteiger partial charge in [-0.2, -0.15) is 13.2 Å². The van der Waals surface area contributed by atoms with Gasteiger partial charge in [0.15, 0.2) is 0 Å². The average molecular weight is 312 g/mol. The first kappa shape index (κ1) is 16.8. The molecular formula is C17H23F3N2. The van der Waals surface area contributed by atoms with Crippen molar-refractivity contribution in [1.29, 1.82) is 0 Å². The van der Waals surface area contributed by atoms with Gasteiger partial charge in [-0.05, 0) is 18.6 Å². The van der Waals surface area contributed by atoms with Crippen LogP contribution in [-0.4, -0.2) is 9.55 Å². The van der Waals surface area contributed by atoms with Crippen LogP contribution < -0.4 is 0 Å². The van der Waals surface area contributed by atoms with E-state index in [1.807, 2.05) is 0 Å². The number of imidazole rings is 1. The van der Waals surface area contributed by atoms with E-state index in [1.165, 1.54) is 30.3 Å². The molecule has 0 aliphatic rings. The normalized spacial score (nSPS) is 12.2. The molecule has 0 bridgehead atoms. The Kier molecular flexibility index (Phi) is 5.86. The highest BCUT2D eigenvalue weighted by Gasteiger charge is 2.37. The van der Waals surface area contributed by atoms with Crippen molar-refractivity contribution in [2.75, 3.05) is 0 Å². The number of aryl methyl sites for hydroxylation is 1. The van der Waals surface area contributed by atoms with Crippen molar-refractivity contribution >= 4 is 11.0 Å². The Hall–Kier alpha value is -1.52. The van der Waals surface area contributed by atoms with Crippen molar-refractivity contribution in [1.82, 2.24) is 9.55 Å². The summed E-state index contributed by atoms with van der Waals surface area (Å²) in [6, 6.07) is 6.81. The SMILES string of the molecule is CCCCCCCCCn1c(C(F)(F)F)nc2ccccc21. The average Bonchev–Trinajstić information content (AvgIpc) is 2.85. The van der Waals surface area contributed by atoms with Gasteiger partial charge in [0, 0.05) is 6.54 Å². The van der Waals surface area contributed by atoms with Crippen LogP contribution in [0.3, 0.4) is 0 Å². The number of unbranched alkanes of at least 4 members (excludes halogenated alkanes) is 6. The summed E-state index contributed by atoms with van der Waals surface area (Å²) in [5.74, 6) is -0.778. The fraction of sp³-hybridized carbons (Fsp3) is 0.588. The summed E-state index contributed by atoms with van der Waals surface area (Å²) in [7, 11) is 0. The van der Waals surface area contributed by atoms with Crippen molar-refractivity contribution in [2.45, 2.75) is 64.6 Å². The highest BCUT2D eigenvalue weighted by molar-refractivity contribution is 5.76. The van der Waals surface area contributed by atoms with Gasteiger partial charge in [-0.3, -0.25) is 0 Å². The smallest absolute Gasteiger partial charge is 0.320 e. The van der Waals surface area contributed by atoms with Gasteiger partial charge in [-0.15, -0.1) is 0 Å². The third-order valence-corrected chi connectivity index (χ3v) is 3.89. The third-order valence-electron chi connectivity index (χ3n) is 3.89. The van der Waals surface area contributed by atoms with Gasteiger partial charge in [0.2, 0.25) is 5.82 Å². The molecule has 0 unspecified atom stereocenters. The Labute approximate surface area is 129 Å². The fourth-order valence-corrected chi connectivity index (χ4v) is 2.75. The summed E-state index contributed by atoms with van der Waals surface area (Å²) in [4.78, 5) is 3.76. The Balaban J connectivity index is 2.00. The molecule has 0 fully saturated rings. The van der Waals surface area contributed by atoms with Crippen LogP contribution in [0.4, 0.5) is 13.2 Å². The Morgan fingerprint density at radius 3 is 2.27 bits per heavy atom. The molecule has 122 valence electrons. The van der Waals surface area contributed by atoms with Crippen molar-refractivity contribution in [3.8, 4) is 0 Å². The van der Waals surface area contributed by atoms with Crippen LogP contribution in [-0.2, 0) is 12.7 Å². The van der Waals surface area contributed by atoms with Gasteiger partial charge in [-0.1, -0.05) is 57.6 Å². The molecule has 1 heterocycles. The van der Waals surface area contributed by atoms with E-state index < -0.39 is 12.0 Å². The highest BCUT2D eigenvalue weighted by Crippen LogP contribution is 2.31. The van der Waals surface area contributed by atoms with Crippen LogP contribution >= 0.6 is 0 Å². The van der Waals surface area contributed by atoms with Crippen molar-refractivity contribution < 1.29 is 13.2 Å². The van der Waals surface area contributed by atoms with Crippen molar-refractivity contribution in [3.63, 3.8) is 0 Å². The number of rotatable bonds is 8. The summed E-state index contributed by atoms with van der Waals surface area (Å²) in [6.45, 7) is 2.55. The number of nitrogens with zero attached hydrogens (tertiary/aromatic N) is 2. The minimum atomic E-state index is -4.40. The molecule has 0 atom stereocenters. The molecule has 0 N–H and O–H groups in total. The van der Waals surface area contributed by atoms with Gasteiger partial charge >= 0.3 is 6.18 Å². The van der Waals surface area contributed by atoms with Gasteiger partial charge in [0.25, 0.3) is 0 Å². The summed E-state index contributed by atoms with van der Waals surface area (Å²) in [5, 5.41) is 0. The lowest BCUT2D eigenvalue weighted by Gasteiger charge is -2.11. The number of alkyl halides is 3. The molecule has 0 aliphatic heterocycles. The highest BCUT2D eigenvalue weighted by atomic mass is 19.4. The monoisotopic (exact) mass is 312 g/mol. The standard InChI is InChI=1S/C17H23F3N2/c1-2-3-4-5-6-7-10-13-22-15-12-9-8-11-14(15)21-16(22)17(18,19)20/h8-9,11-12H,2-7,10,13H2,1H3. The molecule has 0 saturated heterocycles. The molecule has 2 nitrogen and oxygen atoms in total. The van der Waals surface area contributed by atoms with Crippen molar-refractivity contribution in [3.05, 3.63) is 30.1 Å². The van der Waals surface area contributed by atoms with Gasteiger partial charge < -0.3 is 4.57 Å². The Bertz CT molecular complexity index is 587. The molecule has 2 aromatic rings. The van der Waals surface area contributed by atoms with E-state index in [4.69, 9.17) is 0 Å². The van der Waals surface area contributed by atoms with E-state index in [0.717, 1.165) is 19.3 Å². The second kappa shape index (κ2) is 7.65. The van der Waals surface area contributed by atoms with Gasteiger partial charge in [0.05, 0.1) is 11.0 Å². The number of halogens is 3. The second-order valence-electron chi connectivity index (χ2n) is 5.69. The number of benzene rings is 1. The van der Waals surface area contributed by atoms with Gasteiger partial charge in [0.1, 0.15) is 0 Å². The van der Waals surface area contributed by atoms with E-state index in [0.29, 0.717) is 17.6 Å². The topological polar surface area (TPSA) is 17.8 Å². The number of para-hydroxylation sites is 2. The minimum absolute atomic E-state index is 0.378. The lowest BCUT2D eigenvalue weighted by atomic mass is 10.1. The molecule has 0 aliphatic carbocycles. The van der Waals surface area contributed by atoms with Crippen LogP contribution in [0.2, 0.25) is 0 Å².